The minimum absolute atomic E-state index is 0.0455. The van der Waals surface area contributed by atoms with Gasteiger partial charge in [0.15, 0.2) is 0 Å². The number of esters is 1. The van der Waals surface area contributed by atoms with E-state index in [9.17, 15) is 4.79 Å². The minimum Gasteiger partial charge on any atom is -0.456 e. The van der Waals surface area contributed by atoms with E-state index in [0.717, 1.165) is 58.3 Å². The Hall–Kier alpha value is -0.870. The van der Waals surface area contributed by atoms with Crippen LogP contribution in [0.3, 0.4) is 0 Å². The van der Waals surface area contributed by atoms with E-state index in [1.165, 1.54) is 32.1 Å². The molecule has 2 unspecified atom stereocenters. The molecule has 4 nitrogen and oxygen atoms in total. The van der Waals surface area contributed by atoms with E-state index in [0.29, 0.717) is 22.8 Å². The van der Waals surface area contributed by atoms with Gasteiger partial charge < -0.3 is 14.2 Å². The normalized spacial score (nSPS) is 37.5. The Balaban J connectivity index is 1.23. The van der Waals surface area contributed by atoms with Gasteiger partial charge in [-0.3, -0.25) is 0 Å². The fourth-order valence-electron chi connectivity index (χ4n) is 6.56. The Morgan fingerprint density at radius 1 is 1.04 bits per heavy atom. The molecule has 2 atom stereocenters. The molecule has 0 aromatic heterocycles. The fraction of sp³-hybridized carbons (Fsp3) is 0.875. The van der Waals surface area contributed by atoms with Crippen LogP contribution >= 0.6 is 0 Å². The Morgan fingerprint density at radius 3 is 2.29 bits per heavy atom. The lowest BCUT2D eigenvalue weighted by Crippen LogP contribution is -2.61. The highest BCUT2D eigenvalue weighted by Crippen LogP contribution is 2.60. The number of hydrogen-bond acceptors (Lipinski definition) is 4. The molecule has 158 valence electrons. The summed E-state index contributed by atoms with van der Waals surface area (Å²) in [5.74, 6) is 1.09. The highest BCUT2D eigenvalue weighted by molar-refractivity contribution is 5.87. The molecule has 0 amide bonds. The van der Waals surface area contributed by atoms with Crippen LogP contribution in [0.2, 0.25) is 0 Å². The van der Waals surface area contributed by atoms with Crippen molar-refractivity contribution in [3.63, 3.8) is 0 Å². The van der Waals surface area contributed by atoms with E-state index in [1.807, 2.05) is 0 Å². The minimum atomic E-state index is -0.291. The van der Waals surface area contributed by atoms with Crippen molar-refractivity contribution in [2.45, 2.75) is 95.7 Å². The summed E-state index contributed by atoms with van der Waals surface area (Å²) in [5, 5.41) is 0. The third-order valence-electron chi connectivity index (χ3n) is 7.60. The van der Waals surface area contributed by atoms with Crippen LogP contribution in [0.15, 0.2) is 12.2 Å². The SMILES string of the molecule is C=C(C)C(=O)OC12CC3CC(CC(OCCCCCCC4(C)COC4)(C3)C1)C2. The standard InChI is InChI=1S/C24H38O4/c1-18(2)21(25)28-24-13-19-10-20(14-24)12-23(11-19,15-24)27-9-7-5-4-6-8-22(3)16-26-17-22/h19-20H,1,4-17H2,2-3H3. The van der Waals surface area contributed by atoms with Crippen LogP contribution in [0.4, 0.5) is 0 Å². The Morgan fingerprint density at radius 2 is 1.68 bits per heavy atom. The van der Waals surface area contributed by atoms with Gasteiger partial charge in [-0.25, -0.2) is 4.79 Å². The molecule has 4 saturated carbocycles. The molecule has 0 N–H and O–H groups in total. The molecule has 1 aliphatic heterocycles. The molecule has 5 fully saturated rings. The zero-order valence-electron chi connectivity index (χ0n) is 17.9. The molecule has 4 bridgehead atoms. The number of ether oxygens (including phenoxy) is 3. The lowest BCUT2D eigenvalue weighted by molar-refractivity contribution is -0.232. The van der Waals surface area contributed by atoms with Gasteiger partial charge in [-0.15, -0.1) is 0 Å². The lowest BCUT2D eigenvalue weighted by atomic mass is 9.52. The first-order valence-corrected chi connectivity index (χ1v) is 11.4. The maximum absolute atomic E-state index is 12.2. The van der Waals surface area contributed by atoms with Gasteiger partial charge in [0.25, 0.3) is 0 Å². The first-order valence-electron chi connectivity index (χ1n) is 11.4. The summed E-state index contributed by atoms with van der Waals surface area (Å²) >= 11 is 0. The first-order chi connectivity index (χ1) is 13.3. The fourth-order valence-corrected chi connectivity index (χ4v) is 6.56. The summed E-state index contributed by atoms with van der Waals surface area (Å²) in [7, 11) is 0. The van der Waals surface area contributed by atoms with E-state index in [1.54, 1.807) is 6.92 Å². The zero-order chi connectivity index (χ0) is 19.8. The molecule has 1 saturated heterocycles. The maximum atomic E-state index is 12.2. The van der Waals surface area contributed by atoms with Crippen molar-refractivity contribution >= 4 is 5.97 Å². The van der Waals surface area contributed by atoms with Gasteiger partial charge >= 0.3 is 5.97 Å². The number of carbonyl (C=O) groups excluding carboxylic acids is 1. The van der Waals surface area contributed by atoms with Crippen molar-refractivity contribution < 1.29 is 19.0 Å². The summed E-state index contributed by atoms with van der Waals surface area (Å²) in [6.07, 6.45) is 12.8. The van der Waals surface area contributed by atoms with Crippen molar-refractivity contribution in [1.82, 2.24) is 0 Å². The summed E-state index contributed by atoms with van der Waals surface area (Å²) in [4.78, 5) is 12.2. The molecule has 0 aromatic carbocycles. The lowest BCUT2D eigenvalue weighted by Gasteiger charge is -2.60. The number of rotatable bonds is 10. The molecule has 1 heterocycles. The average Bonchev–Trinajstić information content (AvgIpc) is 2.57. The van der Waals surface area contributed by atoms with E-state index >= 15 is 0 Å². The molecule has 0 aromatic rings. The van der Waals surface area contributed by atoms with Crippen molar-refractivity contribution in [2.75, 3.05) is 19.8 Å². The zero-order valence-corrected chi connectivity index (χ0v) is 17.9. The van der Waals surface area contributed by atoms with Crippen molar-refractivity contribution in [1.29, 1.82) is 0 Å². The van der Waals surface area contributed by atoms with E-state index in [2.05, 4.69) is 13.5 Å². The number of hydrogen-bond donors (Lipinski definition) is 0. The van der Waals surface area contributed by atoms with Gasteiger partial charge in [-0.1, -0.05) is 32.8 Å². The molecule has 5 aliphatic rings. The molecule has 4 heteroatoms. The van der Waals surface area contributed by atoms with Gasteiger partial charge in [-0.05, 0) is 63.7 Å². The topological polar surface area (TPSA) is 44.8 Å². The van der Waals surface area contributed by atoms with E-state index in [-0.39, 0.29) is 17.2 Å². The first kappa shape index (κ1) is 20.4. The van der Waals surface area contributed by atoms with E-state index in [4.69, 9.17) is 14.2 Å². The van der Waals surface area contributed by atoms with Crippen LogP contribution < -0.4 is 0 Å². The highest BCUT2D eigenvalue weighted by Gasteiger charge is 2.60. The third kappa shape index (κ3) is 4.33. The van der Waals surface area contributed by atoms with Crippen molar-refractivity contribution in [3.05, 3.63) is 12.2 Å². The smallest absolute Gasteiger partial charge is 0.333 e. The summed E-state index contributed by atoms with van der Waals surface area (Å²) in [6.45, 7) is 10.6. The summed E-state index contributed by atoms with van der Waals surface area (Å²) in [6, 6.07) is 0. The maximum Gasteiger partial charge on any atom is 0.333 e. The van der Waals surface area contributed by atoms with Crippen LogP contribution in [0.25, 0.3) is 0 Å². The summed E-state index contributed by atoms with van der Waals surface area (Å²) < 4.78 is 17.9. The number of carbonyl (C=O) groups is 1. The average molecular weight is 391 g/mol. The second-order valence-electron chi connectivity index (χ2n) is 10.8. The molecule has 28 heavy (non-hydrogen) atoms. The highest BCUT2D eigenvalue weighted by atomic mass is 16.6. The van der Waals surface area contributed by atoms with E-state index < -0.39 is 0 Å². The summed E-state index contributed by atoms with van der Waals surface area (Å²) in [5.41, 5.74) is 0.620. The van der Waals surface area contributed by atoms with Gasteiger partial charge in [0.1, 0.15) is 5.60 Å². The Kier molecular flexibility index (Phi) is 5.65. The number of unbranched alkanes of at least 4 members (excludes halogenated alkanes) is 3. The van der Waals surface area contributed by atoms with Crippen molar-refractivity contribution in [3.8, 4) is 0 Å². The predicted molar refractivity (Wildman–Crippen MR) is 109 cm³/mol. The quantitative estimate of drug-likeness (QED) is 0.292. The van der Waals surface area contributed by atoms with Crippen LogP contribution in [0, 0.1) is 17.3 Å². The molecular formula is C24H38O4. The monoisotopic (exact) mass is 390 g/mol. The van der Waals surface area contributed by atoms with Crippen LogP contribution in [-0.4, -0.2) is 37.0 Å². The van der Waals surface area contributed by atoms with Crippen LogP contribution in [0.1, 0.15) is 84.5 Å². The van der Waals surface area contributed by atoms with Gasteiger partial charge in [0, 0.05) is 24.0 Å². The van der Waals surface area contributed by atoms with Gasteiger partial charge in [0.05, 0.1) is 18.8 Å². The van der Waals surface area contributed by atoms with Gasteiger partial charge in [-0.2, -0.15) is 0 Å². The molecule has 4 aliphatic carbocycles. The van der Waals surface area contributed by atoms with Crippen molar-refractivity contribution in [2.24, 2.45) is 17.3 Å². The van der Waals surface area contributed by atoms with Gasteiger partial charge in [0.2, 0.25) is 0 Å². The molecular weight excluding hydrogens is 352 g/mol. The predicted octanol–water partition coefficient (Wildman–Crippen LogP) is 5.20. The Labute approximate surface area is 170 Å². The third-order valence-corrected chi connectivity index (χ3v) is 7.60. The molecule has 0 radical (unpaired) electrons. The molecule has 0 spiro atoms. The largest absolute Gasteiger partial charge is 0.456 e. The van der Waals surface area contributed by atoms with Crippen LogP contribution in [0.5, 0.6) is 0 Å². The second kappa shape index (κ2) is 7.75. The second-order valence-corrected chi connectivity index (χ2v) is 10.8. The van der Waals surface area contributed by atoms with Crippen LogP contribution in [-0.2, 0) is 19.0 Å². The molecule has 5 rings (SSSR count). The Bertz CT molecular complexity index is 592.